The lowest BCUT2D eigenvalue weighted by atomic mass is 9.73. The zero-order valence-corrected chi connectivity index (χ0v) is 16.8. The minimum atomic E-state index is -0.962. The van der Waals surface area contributed by atoms with E-state index in [1.54, 1.807) is 4.90 Å². The molecule has 0 fully saturated rings. The molecule has 1 heterocycles. The molecule has 1 N–H and O–H groups in total. The van der Waals surface area contributed by atoms with Crippen LogP contribution in [0.15, 0.2) is 96.8 Å². The molecule has 0 saturated heterocycles. The molecule has 1 aliphatic rings. The van der Waals surface area contributed by atoms with Crippen LogP contribution in [0.2, 0.25) is 0 Å². The number of para-hydroxylation sites is 1. The number of hydrogen-bond donors (Lipinski definition) is 1. The van der Waals surface area contributed by atoms with Crippen LogP contribution in [0, 0.1) is 0 Å². The molecule has 0 aromatic heterocycles. The van der Waals surface area contributed by atoms with Gasteiger partial charge in [-0.15, -0.1) is 0 Å². The van der Waals surface area contributed by atoms with Crippen molar-refractivity contribution in [2.45, 2.75) is 12.5 Å². The number of fused-ring (bicyclic) bond motifs is 1. The third kappa shape index (κ3) is 3.05. The van der Waals surface area contributed by atoms with Gasteiger partial charge in [-0.2, -0.15) is 0 Å². The maximum absolute atomic E-state index is 13.1. The van der Waals surface area contributed by atoms with Crippen LogP contribution in [0.1, 0.15) is 23.6 Å². The molecule has 3 aromatic rings. The van der Waals surface area contributed by atoms with Gasteiger partial charge in [-0.25, -0.2) is 4.79 Å². The van der Waals surface area contributed by atoms with Crippen molar-refractivity contribution in [2.24, 2.45) is 0 Å². The Morgan fingerprint density at radius 3 is 1.93 bits per heavy atom. The summed E-state index contributed by atoms with van der Waals surface area (Å²) in [5.74, 6) is -0.390. The topological polar surface area (TPSA) is 58.6 Å². The molecule has 3 aromatic carbocycles. The second-order valence-corrected chi connectivity index (χ2v) is 7.02. The molecule has 0 bridgehead atoms. The molecule has 1 aliphatic heterocycles. The van der Waals surface area contributed by atoms with Crippen molar-refractivity contribution in [3.8, 4) is 0 Å². The first-order valence-electron chi connectivity index (χ1n) is 9.67. The van der Waals surface area contributed by atoms with Crippen molar-refractivity contribution < 1.29 is 14.3 Å². The Kier molecular flexibility index (Phi) is 5.11. The number of hydrogen-bond acceptors (Lipinski definition) is 4. The summed E-state index contributed by atoms with van der Waals surface area (Å²) >= 11 is 0. The molecule has 4 rings (SSSR count). The molecule has 0 unspecified atom stereocenters. The van der Waals surface area contributed by atoms with Gasteiger partial charge in [-0.05, 0) is 17.2 Å². The van der Waals surface area contributed by atoms with Gasteiger partial charge in [0.15, 0.2) is 0 Å². The monoisotopic (exact) mass is 398 g/mol. The maximum Gasteiger partial charge on any atom is 0.334 e. The molecule has 0 spiro atoms. The van der Waals surface area contributed by atoms with Crippen LogP contribution in [-0.2, 0) is 19.9 Å². The highest BCUT2D eigenvalue weighted by molar-refractivity contribution is 5.88. The van der Waals surface area contributed by atoms with E-state index < -0.39 is 11.5 Å². The van der Waals surface area contributed by atoms with E-state index in [0.717, 1.165) is 22.4 Å². The van der Waals surface area contributed by atoms with Gasteiger partial charge in [-0.3, -0.25) is 9.69 Å². The van der Waals surface area contributed by atoms with Crippen LogP contribution in [-0.4, -0.2) is 23.9 Å². The standard InChI is InChI=1S/C25H22N2O3/c1-18(28)27-23(17-24(29)30-2)26-22-16-10-9-15-21(22)25(27,19-11-5-3-6-12-19)20-13-7-4-8-14-20/h3-17,26H,1-2H3. The van der Waals surface area contributed by atoms with Crippen LogP contribution in [0.5, 0.6) is 0 Å². The number of nitrogens with one attached hydrogen (secondary N) is 1. The number of ether oxygens (including phenoxy) is 1. The molecule has 1 amide bonds. The van der Waals surface area contributed by atoms with Gasteiger partial charge in [0.25, 0.3) is 0 Å². The molecular formula is C25H22N2O3. The van der Waals surface area contributed by atoms with Gasteiger partial charge in [-0.1, -0.05) is 78.9 Å². The fourth-order valence-corrected chi connectivity index (χ4v) is 4.17. The highest BCUT2D eigenvalue weighted by Gasteiger charge is 2.49. The molecule has 30 heavy (non-hydrogen) atoms. The van der Waals surface area contributed by atoms with Crippen molar-refractivity contribution in [1.82, 2.24) is 4.90 Å². The molecule has 5 nitrogen and oxygen atoms in total. The molecular weight excluding hydrogens is 376 g/mol. The lowest BCUT2D eigenvalue weighted by Crippen LogP contribution is -2.54. The summed E-state index contributed by atoms with van der Waals surface area (Å²) in [4.78, 5) is 26.9. The summed E-state index contributed by atoms with van der Waals surface area (Å²) in [5, 5.41) is 3.25. The van der Waals surface area contributed by atoms with Gasteiger partial charge >= 0.3 is 5.97 Å². The van der Waals surface area contributed by atoms with E-state index in [9.17, 15) is 9.59 Å². The van der Waals surface area contributed by atoms with Crippen LogP contribution in [0.3, 0.4) is 0 Å². The summed E-state index contributed by atoms with van der Waals surface area (Å²) in [6, 6.07) is 27.5. The molecule has 0 saturated carbocycles. The summed E-state index contributed by atoms with van der Waals surface area (Å²) in [6.07, 6.45) is 1.32. The highest BCUT2D eigenvalue weighted by Crippen LogP contribution is 2.49. The third-order valence-electron chi connectivity index (χ3n) is 5.31. The number of anilines is 1. The van der Waals surface area contributed by atoms with Crippen LogP contribution >= 0.6 is 0 Å². The number of nitrogens with zero attached hydrogens (tertiary/aromatic N) is 1. The Morgan fingerprint density at radius 2 is 1.40 bits per heavy atom. The van der Waals surface area contributed by atoms with Gasteiger partial charge in [0.1, 0.15) is 11.4 Å². The first kappa shape index (κ1) is 19.5. The smallest absolute Gasteiger partial charge is 0.334 e. The first-order chi connectivity index (χ1) is 14.6. The van der Waals surface area contributed by atoms with Crippen molar-refractivity contribution >= 4 is 17.6 Å². The van der Waals surface area contributed by atoms with E-state index in [1.807, 2.05) is 84.9 Å². The van der Waals surface area contributed by atoms with Crippen LogP contribution < -0.4 is 5.32 Å². The lowest BCUT2D eigenvalue weighted by molar-refractivity contribution is -0.135. The average Bonchev–Trinajstić information content (AvgIpc) is 2.79. The number of esters is 1. The Hall–Kier alpha value is -3.86. The van der Waals surface area contributed by atoms with E-state index in [4.69, 9.17) is 4.74 Å². The maximum atomic E-state index is 13.1. The second-order valence-electron chi connectivity index (χ2n) is 7.02. The van der Waals surface area contributed by atoms with Gasteiger partial charge in [0.2, 0.25) is 5.91 Å². The molecule has 0 atom stereocenters. The van der Waals surface area contributed by atoms with Gasteiger partial charge in [0, 0.05) is 18.2 Å². The van der Waals surface area contributed by atoms with Crippen molar-refractivity contribution in [2.75, 3.05) is 12.4 Å². The second kappa shape index (κ2) is 7.87. The summed E-state index contributed by atoms with van der Waals surface area (Å²) in [7, 11) is 1.32. The predicted molar refractivity (Wildman–Crippen MR) is 115 cm³/mol. The summed E-state index contributed by atoms with van der Waals surface area (Å²) in [6.45, 7) is 1.50. The van der Waals surface area contributed by atoms with E-state index in [-0.39, 0.29) is 5.91 Å². The quantitative estimate of drug-likeness (QED) is 0.529. The van der Waals surface area contributed by atoms with Crippen LogP contribution in [0.25, 0.3) is 0 Å². The van der Waals surface area contributed by atoms with Crippen molar-refractivity contribution in [3.05, 3.63) is 114 Å². The zero-order chi connectivity index (χ0) is 21.1. The average molecular weight is 398 g/mol. The van der Waals surface area contributed by atoms with Crippen molar-refractivity contribution in [1.29, 1.82) is 0 Å². The van der Waals surface area contributed by atoms with E-state index >= 15 is 0 Å². The molecule has 5 heteroatoms. The largest absolute Gasteiger partial charge is 0.466 e. The Morgan fingerprint density at radius 1 is 0.867 bits per heavy atom. The number of amides is 1. The first-order valence-corrected chi connectivity index (χ1v) is 9.67. The highest BCUT2D eigenvalue weighted by atomic mass is 16.5. The minimum absolute atomic E-state index is 0.208. The molecule has 150 valence electrons. The summed E-state index contributed by atoms with van der Waals surface area (Å²) < 4.78 is 4.86. The Bertz CT molecular complexity index is 1070. The SMILES string of the molecule is COC(=O)C=C1Nc2ccccc2C(c2ccccc2)(c2ccccc2)N1C(C)=O. The lowest BCUT2D eigenvalue weighted by Gasteiger charge is -2.49. The fourth-order valence-electron chi connectivity index (χ4n) is 4.17. The zero-order valence-electron chi connectivity index (χ0n) is 16.8. The molecule has 0 radical (unpaired) electrons. The number of methoxy groups -OCH3 is 1. The number of rotatable bonds is 3. The van der Waals surface area contributed by atoms with E-state index in [2.05, 4.69) is 5.32 Å². The van der Waals surface area contributed by atoms with E-state index in [0.29, 0.717) is 5.82 Å². The van der Waals surface area contributed by atoms with Crippen molar-refractivity contribution in [3.63, 3.8) is 0 Å². The number of carbonyl (C=O) groups excluding carboxylic acids is 2. The normalized spacial score (nSPS) is 15.8. The third-order valence-corrected chi connectivity index (χ3v) is 5.31. The van der Waals surface area contributed by atoms with Crippen LogP contribution in [0.4, 0.5) is 5.69 Å². The van der Waals surface area contributed by atoms with Gasteiger partial charge in [0.05, 0.1) is 13.2 Å². The summed E-state index contributed by atoms with van der Waals surface area (Å²) in [5.41, 5.74) is 2.60. The van der Waals surface area contributed by atoms with Gasteiger partial charge < -0.3 is 10.1 Å². The Balaban J connectivity index is 2.15. The minimum Gasteiger partial charge on any atom is -0.466 e. The number of carbonyl (C=O) groups is 2. The number of benzene rings is 3. The fraction of sp³-hybridized carbons (Fsp3) is 0.120. The predicted octanol–water partition coefficient (Wildman–Crippen LogP) is 4.27. The Labute approximate surface area is 175 Å². The van der Waals surface area contributed by atoms with E-state index in [1.165, 1.54) is 20.1 Å². The molecule has 0 aliphatic carbocycles.